The van der Waals surface area contributed by atoms with Crippen LogP contribution in [0.25, 0.3) is 34.4 Å². The molecule has 0 saturated carbocycles. The van der Waals surface area contributed by atoms with Crippen LogP contribution in [0, 0.1) is 11.8 Å². The number of methoxy groups -OCH3 is 2. The molecule has 0 spiro atoms. The molecule has 380 valence electrons. The summed E-state index contributed by atoms with van der Waals surface area (Å²) >= 11 is -0.700. The first-order valence-corrected chi connectivity index (χ1v) is 22.0. The van der Waals surface area contributed by atoms with E-state index < -0.39 is 126 Å². The molecule has 2 aliphatic heterocycles. The Morgan fingerprint density at radius 1 is 0.521 bits per heavy atom. The quantitative estimate of drug-likeness (QED) is 0.105. The van der Waals surface area contributed by atoms with Crippen molar-refractivity contribution in [1.82, 2.24) is 9.80 Å². The Morgan fingerprint density at radius 2 is 0.831 bits per heavy atom. The molecule has 4 aromatic rings. The van der Waals surface area contributed by atoms with Gasteiger partial charge in [-0.15, -0.1) is 0 Å². The number of nitrogens with zero attached hydrogens (tertiary/aromatic N) is 2. The van der Waals surface area contributed by atoms with E-state index in [-0.39, 0.29) is 74.5 Å². The van der Waals surface area contributed by atoms with Crippen molar-refractivity contribution in [3.63, 3.8) is 0 Å². The SMILES string of the molecule is COc1ccccc1-c1cc(Sc2cc(-c3ccccc3OC)c(/C=C/C(=O)N3CCC(C(=O)O)CC3)c(C(F)(F)F)c2C(F)(F)F)c(C(F)(F)F)c(C(F)(F)F)c1/C=C/C(=O)N1CCC(C(=O)O)CC1. The Labute approximate surface area is 400 Å². The van der Waals surface area contributed by atoms with E-state index in [2.05, 4.69) is 0 Å². The summed E-state index contributed by atoms with van der Waals surface area (Å²) < 4.78 is 197. The topological polar surface area (TPSA) is 134 Å². The number of amides is 2. The van der Waals surface area contributed by atoms with Crippen LogP contribution in [0.1, 0.15) is 59.1 Å². The molecule has 0 radical (unpaired) electrons. The van der Waals surface area contributed by atoms with Crippen molar-refractivity contribution in [2.24, 2.45) is 11.8 Å². The normalized spacial score (nSPS) is 15.7. The minimum atomic E-state index is -6.11. The number of hydrogen-bond acceptors (Lipinski definition) is 7. The molecule has 2 heterocycles. The van der Waals surface area contributed by atoms with Crippen LogP contribution in [0.2, 0.25) is 0 Å². The first kappa shape index (κ1) is 53.7. The summed E-state index contributed by atoms with van der Waals surface area (Å²) in [6.07, 6.45) is -22.7. The van der Waals surface area contributed by atoms with Gasteiger partial charge in [0.2, 0.25) is 11.8 Å². The molecule has 4 aromatic carbocycles. The van der Waals surface area contributed by atoms with Crippen molar-refractivity contribution < 1.29 is 91.5 Å². The number of benzene rings is 4. The van der Waals surface area contributed by atoms with Gasteiger partial charge in [-0.25, -0.2) is 0 Å². The summed E-state index contributed by atoms with van der Waals surface area (Å²) in [5.41, 5.74) is -15.3. The Morgan fingerprint density at radius 3 is 1.11 bits per heavy atom. The summed E-state index contributed by atoms with van der Waals surface area (Å²) in [5.74, 6) is -6.66. The number of ether oxygens (including phenoxy) is 2. The van der Waals surface area contributed by atoms with Gasteiger partial charge in [0, 0.05) is 59.2 Å². The van der Waals surface area contributed by atoms with E-state index in [4.69, 9.17) is 9.47 Å². The fraction of sp³-hybridized carbons (Fsp3) is 0.333. The van der Waals surface area contributed by atoms with Crippen molar-refractivity contribution in [1.29, 1.82) is 0 Å². The Balaban J connectivity index is 1.67. The van der Waals surface area contributed by atoms with E-state index in [0.29, 0.717) is 36.4 Å². The number of carboxylic acids is 2. The average Bonchev–Trinajstić information content (AvgIpc) is 3.30. The van der Waals surface area contributed by atoms with E-state index in [1.165, 1.54) is 36.4 Å². The fourth-order valence-electron chi connectivity index (χ4n) is 8.52. The second-order valence-electron chi connectivity index (χ2n) is 16.2. The third-order valence-corrected chi connectivity index (χ3v) is 13.0. The Kier molecular flexibility index (Phi) is 15.9. The molecule has 23 heteroatoms. The van der Waals surface area contributed by atoms with E-state index in [1.807, 2.05) is 0 Å². The van der Waals surface area contributed by atoms with E-state index >= 15 is 52.7 Å². The molecule has 2 fully saturated rings. The van der Waals surface area contributed by atoms with E-state index in [1.54, 1.807) is 0 Å². The van der Waals surface area contributed by atoms with Gasteiger partial charge in [-0.2, -0.15) is 52.7 Å². The molecule has 0 unspecified atom stereocenters. The largest absolute Gasteiger partial charge is 0.496 e. The van der Waals surface area contributed by atoms with Crippen LogP contribution in [-0.4, -0.2) is 84.2 Å². The highest BCUT2D eigenvalue weighted by Gasteiger charge is 2.50. The van der Waals surface area contributed by atoms with Gasteiger partial charge in [0.15, 0.2) is 0 Å². The zero-order valence-corrected chi connectivity index (χ0v) is 37.9. The number of piperidine rings is 2. The van der Waals surface area contributed by atoms with Gasteiger partial charge in [0.05, 0.1) is 48.3 Å². The highest BCUT2D eigenvalue weighted by atomic mass is 32.2. The number of halogens is 12. The fourth-order valence-corrected chi connectivity index (χ4v) is 9.75. The zero-order chi connectivity index (χ0) is 52.4. The number of carbonyl (C=O) groups excluding carboxylic acids is 2. The number of alkyl halides is 12. The number of aliphatic carboxylic acids is 2. The molecule has 10 nitrogen and oxygen atoms in total. The molecular formula is C48H40F12N2O8S. The molecule has 0 aromatic heterocycles. The lowest BCUT2D eigenvalue weighted by Crippen LogP contribution is -2.39. The molecule has 2 saturated heterocycles. The second kappa shape index (κ2) is 21.0. The first-order chi connectivity index (χ1) is 33.2. The zero-order valence-electron chi connectivity index (χ0n) is 37.1. The highest BCUT2D eigenvalue weighted by molar-refractivity contribution is 7.99. The summed E-state index contributed by atoms with van der Waals surface area (Å²) in [6, 6.07) is 10.5. The number of para-hydroxylation sites is 2. The molecule has 2 aliphatic rings. The van der Waals surface area contributed by atoms with Crippen molar-refractivity contribution in [3.8, 4) is 33.8 Å². The molecule has 2 N–H and O–H groups in total. The molecule has 71 heavy (non-hydrogen) atoms. The predicted molar refractivity (Wildman–Crippen MR) is 233 cm³/mol. The molecule has 0 aliphatic carbocycles. The summed E-state index contributed by atoms with van der Waals surface area (Å²) in [4.78, 5) is 48.4. The van der Waals surface area contributed by atoms with Crippen LogP contribution >= 0.6 is 11.8 Å². The van der Waals surface area contributed by atoms with E-state index in [9.17, 15) is 29.4 Å². The van der Waals surface area contributed by atoms with Gasteiger partial charge in [-0.1, -0.05) is 48.2 Å². The lowest BCUT2D eigenvalue weighted by atomic mass is 9.90. The average molecular weight is 1030 g/mol. The van der Waals surface area contributed by atoms with Crippen molar-refractivity contribution >= 4 is 47.7 Å². The van der Waals surface area contributed by atoms with Crippen molar-refractivity contribution in [3.05, 3.63) is 106 Å². The summed E-state index contributed by atoms with van der Waals surface area (Å²) in [7, 11) is 2.09. The third-order valence-electron chi connectivity index (χ3n) is 11.9. The maximum Gasteiger partial charge on any atom is 0.418 e. The number of rotatable bonds is 12. The number of likely N-dealkylation sites (tertiary alicyclic amines) is 2. The van der Waals surface area contributed by atoms with Crippen LogP contribution in [0.5, 0.6) is 11.5 Å². The molecule has 2 amide bonds. The van der Waals surface area contributed by atoms with Crippen molar-refractivity contribution in [2.75, 3.05) is 40.4 Å². The van der Waals surface area contributed by atoms with Crippen LogP contribution in [0.3, 0.4) is 0 Å². The standard InChI is InChI=1S/C48H40F12N2O8S/c1-69-33-9-5-3-7-27(33)31-23-35(41(47(55,56)57)39(45(49,50)51)29(31)11-13-37(63)61-19-15-25(16-20-61)43(65)66)71-36-24-32(28-8-4-6-10-34(28)70-2)30(40(46(52,53)54)42(36)48(58,59)60)12-14-38(64)62-21-17-26(18-22-62)44(67)68/h3-14,23-26H,15-22H2,1-2H3,(H,65,66)(H,67,68)/b13-11+,14-12+. The highest BCUT2D eigenvalue weighted by Crippen LogP contribution is 2.56. The Bertz CT molecular complexity index is 2570. The smallest absolute Gasteiger partial charge is 0.418 e. The van der Waals surface area contributed by atoms with Crippen LogP contribution in [0.4, 0.5) is 52.7 Å². The number of carboxylic acid groups (broad SMARTS) is 2. The van der Waals surface area contributed by atoms with Gasteiger partial charge in [0.1, 0.15) is 11.5 Å². The minimum Gasteiger partial charge on any atom is -0.496 e. The second-order valence-corrected chi connectivity index (χ2v) is 17.3. The summed E-state index contributed by atoms with van der Waals surface area (Å²) in [6.45, 7) is -0.755. The lowest BCUT2D eigenvalue weighted by Gasteiger charge is -2.29. The predicted octanol–water partition coefficient (Wildman–Crippen LogP) is 11.9. The number of hydrogen-bond donors (Lipinski definition) is 2. The van der Waals surface area contributed by atoms with Gasteiger partial charge < -0.3 is 29.5 Å². The Hall–Kier alpha value is -6.65. The maximum absolute atomic E-state index is 15.6. The maximum atomic E-state index is 15.6. The molecular weight excluding hydrogens is 993 g/mol. The van der Waals surface area contributed by atoms with Crippen LogP contribution < -0.4 is 9.47 Å². The first-order valence-electron chi connectivity index (χ1n) is 21.2. The lowest BCUT2D eigenvalue weighted by molar-refractivity contribution is -0.164. The summed E-state index contributed by atoms with van der Waals surface area (Å²) in [5, 5.41) is 18.7. The van der Waals surface area contributed by atoms with E-state index in [0.717, 1.165) is 36.2 Å². The van der Waals surface area contributed by atoms with Gasteiger partial charge in [-0.3, -0.25) is 19.2 Å². The van der Waals surface area contributed by atoms with Crippen LogP contribution in [-0.2, 0) is 43.9 Å². The monoisotopic (exact) mass is 1030 g/mol. The van der Waals surface area contributed by atoms with Gasteiger partial charge in [0.25, 0.3) is 0 Å². The molecule has 0 atom stereocenters. The van der Waals surface area contributed by atoms with Gasteiger partial charge in [-0.05, 0) is 84.4 Å². The van der Waals surface area contributed by atoms with Gasteiger partial charge >= 0.3 is 36.6 Å². The minimum absolute atomic E-state index is 0.0570. The van der Waals surface area contributed by atoms with Crippen molar-refractivity contribution in [2.45, 2.75) is 60.2 Å². The molecule has 6 rings (SSSR count). The van der Waals surface area contributed by atoms with Crippen LogP contribution in [0.15, 0.2) is 82.6 Å². The number of carbonyl (C=O) groups is 4. The molecule has 0 bridgehead atoms. The third kappa shape index (κ3) is 11.9.